The van der Waals surface area contributed by atoms with E-state index in [1.54, 1.807) is 24.3 Å². The van der Waals surface area contributed by atoms with Crippen molar-refractivity contribution in [2.75, 3.05) is 19.7 Å². The highest BCUT2D eigenvalue weighted by Crippen LogP contribution is 2.25. The molecule has 1 amide bonds. The molecule has 1 saturated heterocycles. The van der Waals surface area contributed by atoms with Crippen LogP contribution in [0.3, 0.4) is 0 Å². The van der Waals surface area contributed by atoms with E-state index in [1.165, 1.54) is 0 Å². The minimum absolute atomic E-state index is 0.000191. The predicted molar refractivity (Wildman–Crippen MR) is 97.7 cm³/mol. The van der Waals surface area contributed by atoms with E-state index < -0.39 is 0 Å². The summed E-state index contributed by atoms with van der Waals surface area (Å²) >= 11 is 6.22. The molecule has 0 spiro atoms. The molecule has 0 aliphatic carbocycles. The van der Waals surface area contributed by atoms with E-state index in [1.807, 2.05) is 29.2 Å². The van der Waals surface area contributed by atoms with Gasteiger partial charge >= 0.3 is 0 Å². The summed E-state index contributed by atoms with van der Waals surface area (Å²) < 4.78 is 5.56. The Balaban J connectivity index is 1.48. The van der Waals surface area contributed by atoms with Crippen molar-refractivity contribution in [2.45, 2.75) is 19.4 Å². The third-order valence-corrected chi connectivity index (χ3v) is 4.94. The van der Waals surface area contributed by atoms with Gasteiger partial charge in [0.2, 0.25) is 0 Å². The molecule has 1 atom stereocenters. The lowest BCUT2D eigenvalue weighted by molar-refractivity contribution is -0.132. The van der Waals surface area contributed by atoms with Crippen LogP contribution in [-0.4, -0.2) is 35.6 Å². The lowest BCUT2D eigenvalue weighted by Gasteiger charge is -2.17. The second-order valence-corrected chi connectivity index (χ2v) is 6.79. The maximum Gasteiger partial charge on any atom is 0.260 e. The summed E-state index contributed by atoms with van der Waals surface area (Å²) in [6.07, 6.45) is 1.88. The van der Waals surface area contributed by atoms with Crippen LogP contribution < -0.4 is 4.74 Å². The molecule has 132 valence electrons. The van der Waals surface area contributed by atoms with Crippen LogP contribution in [0.4, 0.5) is 0 Å². The first kappa shape index (κ1) is 17.8. The summed E-state index contributed by atoms with van der Waals surface area (Å²) in [4.78, 5) is 14.2. The van der Waals surface area contributed by atoms with Gasteiger partial charge in [0, 0.05) is 18.1 Å². The number of nitrogens with zero attached hydrogens (tertiary/aromatic N) is 1. The number of hydrogen-bond acceptors (Lipinski definition) is 3. The third kappa shape index (κ3) is 4.74. The first-order valence-corrected chi connectivity index (χ1v) is 8.87. The highest BCUT2D eigenvalue weighted by atomic mass is 35.5. The Labute approximate surface area is 153 Å². The fourth-order valence-corrected chi connectivity index (χ4v) is 3.34. The van der Waals surface area contributed by atoms with E-state index in [9.17, 15) is 4.79 Å². The Kier molecular flexibility index (Phi) is 5.95. The fraction of sp³-hybridized carbons (Fsp3) is 0.350. The zero-order chi connectivity index (χ0) is 17.6. The van der Waals surface area contributed by atoms with Crippen molar-refractivity contribution in [1.29, 1.82) is 0 Å². The molecule has 1 aliphatic heterocycles. The van der Waals surface area contributed by atoms with E-state index in [0.717, 1.165) is 42.1 Å². The summed E-state index contributed by atoms with van der Waals surface area (Å²) in [5.74, 6) is 1.08. The highest BCUT2D eigenvalue weighted by molar-refractivity contribution is 6.31. The van der Waals surface area contributed by atoms with E-state index >= 15 is 0 Å². The van der Waals surface area contributed by atoms with Crippen molar-refractivity contribution in [2.24, 2.45) is 5.92 Å². The standard InChI is InChI=1S/C20H22ClNO3/c21-19-4-2-1-3-17(19)11-16-9-10-22(12-16)20(24)14-25-18-7-5-15(13-23)6-8-18/h1-8,16,23H,9-14H2. The smallest absolute Gasteiger partial charge is 0.260 e. The van der Waals surface area contributed by atoms with Crippen LogP contribution in [0, 0.1) is 5.92 Å². The molecule has 2 aromatic rings. The minimum Gasteiger partial charge on any atom is -0.484 e. The average molecular weight is 360 g/mol. The SMILES string of the molecule is O=C(COc1ccc(CO)cc1)N1CCC(Cc2ccccc2Cl)C1. The van der Waals surface area contributed by atoms with Crippen molar-refractivity contribution in [3.63, 3.8) is 0 Å². The second kappa shape index (κ2) is 8.37. The van der Waals surface area contributed by atoms with E-state index in [4.69, 9.17) is 21.4 Å². The maximum atomic E-state index is 12.3. The van der Waals surface area contributed by atoms with Crippen molar-refractivity contribution >= 4 is 17.5 Å². The molecule has 0 radical (unpaired) electrons. The molecule has 0 bridgehead atoms. The highest BCUT2D eigenvalue weighted by Gasteiger charge is 2.26. The molecule has 25 heavy (non-hydrogen) atoms. The molecule has 1 unspecified atom stereocenters. The van der Waals surface area contributed by atoms with Gasteiger partial charge in [-0.25, -0.2) is 0 Å². The number of ether oxygens (including phenoxy) is 1. The Morgan fingerprint density at radius 2 is 1.96 bits per heavy atom. The lowest BCUT2D eigenvalue weighted by Crippen LogP contribution is -2.33. The van der Waals surface area contributed by atoms with Crippen molar-refractivity contribution in [1.82, 2.24) is 4.90 Å². The van der Waals surface area contributed by atoms with Gasteiger partial charge in [-0.3, -0.25) is 4.79 Å². The number of rotatable bonds is 6. The lowest BCUT2D eigenvalue weighted by atomic mass is 9.99. The van der Waals surface area contributed by atoms with E-state index in [-0.39, 0.29) is 19.1 Å². The van der Waals surface area contributed by atoms with Crippen LogP contribution in [0.5, 0.6) is 5.75 Å². The molecule has 4 nitrogen and oxygen atoms in total. The number of carbonyl (C=O) groups is 1. The summed E-state index contributed by atoms with van der Waals surface area (Å²) in [6, 6.07) is 15.0. The van der Waals surface area contributed by atoms with Gasteiger partial charge in [0.15, 0.2) is 6.61 Å². The Hall–Kier alpha value is -2.04. The molecule has 1 heterocycles. The molecular weight excluding hydrogens is 338 g/mol. The first-order chi connectivity index (χ1) is 12.2. The molecule has 5 heteroatoms. The van der Waals surface area contributed by atoms with Gasteiger partial charge in [-0.15, -0.1) is 0 Å². The van der Waals surface area contributed by atoms with Crippen molar-refractivity contribution < 1.29 is 14.6 Å². The van der Waals surface area contributed by atoms with Crippen LogP contribution >= 0.6 is 11.6 Å². The average Bonchev–Trinajstić information content (AvgIpc) is 3.11. The Morgan fingerprint density at radius 3 is 2.68 bits per heavy atom. The van der Waals surface area contributed by atoms with Crippen LogP contribution in [0.2, 0.25) is 5.02 Å². The van der Waals surface area contributed by atoms with Gasteiger partial charge in [-0.2, -0.15) is 0 Å². The topological polar surface area (TPSA) is 49.8 Å². The van der Waals surface area contributed by atoms with Crippen LogP contribution in [0.15, 0.2) is 48.5 Å². The Bertz CT molecular complexity index is 717. The molecule has 1 fully saturated rings. The molecule has 1 N–H and O–H groups in total. The van der Waals surface area contributed by atoms with Crippen molar-refractivity contribution in [3.05, 3.63) is 64.7 Å². The van der Waals surface area contributed by atoms with Gasteiger partial charge < -0.3 is 14.7 Å². The minimum atomic E-state index is -0.000191. The van der Waals surface area contributed by atoms with E-state index in [2.05, 4.69) is 0 Å². The number of carbonyl (C=O) groups excluding carboxylic acids is 1. The molecule has 0 saturated carbocycles. The van der Waals surface area contributed by atoms with Crippen LogP contribution in [0.1, 0.15) is 17.5 Å². The molecule has 1 aliphatic rings. The number of aliphatic hydroxyl groups is 1. The quantitative estimate of drug-likeness (QED) is 0.860. The monoisotopic (exact) mass is 359 g/mol. The fourth-order valence-electron chi connectivity index (χ4n) is 3.13. The second-order valence-electron chi connectivity index (χ2n) is 6.38. The number of likely N-dealkylation sites (tertiary alicyclic amines) is 1. The van der Waals surface area contributed by atoms with Gasteiger partial charge in [-0.05, 0) is 48.1 Å². The molecule has 3 rings (SSSR count). The summed E-state index contributed by atoms with van der Waals surface area (Å²) in [5.41, 5.74) is 1.96. The zero-order valence-electron chi connectivity index (χ0n) is 14.0. The number of amides is 1. The normalized spacial score (nSPS) is 16.9. The number of hydrogen-bond donors (Lipinski definition) is 1. The van der Waals surface area contributed by atoms with Gasteiger partial charge in [-0.1, -0.05) is 41.9 Å². The zero-order valence-corrected chi connectivity index (χ0v) is 14.8. The van der Waals surface area contributed by atoms with Crippen LogP contribution in [0.25, 0.3) is 0 Å². The predicted octanol–water partition coefficient (Wildman–Crippen LogP) is 3.30. The van der Waals surface area contributed by atoms with Gasteiger partial charge in [0.25, 0.3) is 5.91 Å². The first-order valence-electron chi connectivity index (χ1n) is 8.49. The van der Waals surface area contributed by atoms with Gasteiger partial charge in [0.1, 0.15) is 5.75 Å². The van der Waals surface area contributed by atoms with E-state index in [0.29, 0.717) is 11.7 Å². The largest absolute Gasteiger partial charge is 0.484 e. The molecule has 2 aromatic carbocycles. The van der Waals surface area contributed by atoms with Gasteiger partial charge in [0.05, 0.1) is 6.61 Å². The molecular formula is C20H22ClNO3. The summed E-state index contributed by atoms with van der Waals surface area (Å²) in [7, 11) is 0. The Morgan fingerprint density at radius 1 is 1.20 bits per heavy atom. The summed E-state index contributed by atoms with van der Waals surface area (Å²) in [6.45, 7) is 1.55. The molecule has 0 aromatic heterocycles. The summed E-state index contributed by atoms with van der Waals surface area (Å²) in [5, 5.41) is 9.82. The number of benzene rings is 2. The maximum absolute atomic E-state index is 12.3. The van der Waals surface area contributed by atoms with Crippen LogP contribution in [-0.2, 0) is 17.8 Å². The number of aliphatic hydroxyl groups excluding tert-OH is 1. The number of halogens is 1. The van der Waals surface area contributed by atoms with Crippen molar-refractivity contribution in [3.8, 4) is 5.75 Å². The third-order valence-electron chi connectivity index (χ3n) is 4.57.